The van der Waals surface area contributed by atoms with Gasteiger partial charge in [0.1, 0.15) is 6.61 Å². The Bertz CT molecular complexity index is 214. The van der Waals surface area contributed by atoms with E-state index in [2.05, 4.69) is 0 Å². The van der Waals surface area contributed by atoms with E-state index in [1.165, 1.54) is 13.8 Å². The molecule has 15 heavy (non-hydrogen) atoms. The average Bonchev–Trinajstić information content (AvgIpc) is 2.11. The molecule has 2 unspecified atom stereocenters. The molecule has 0 aliphatic rings. The lowest BCUT2D eigenvalue weighted by Crippen LogP contribution is -2.35. The van der Waals surface area contributed by atoms with Crippen LogP contribution in [0.3, 0.4) is 0 Å². The molecule has 0 aromatic heterocycles. The Balaban J connectivity index is 4.16. The largest absolute Gasteiger partial charge is 0.462 e. The lowest BCUT2D eigenvalue weighted by Gasteiger charge is -2.21. The molecule has 0 spiro atoms. The highest BCUT2D eigenvalue weighted by Gasteiger charge is 2.22. The molecule has 0 saturated carbocycles. The lowest BCUT2D eigenvalue weighted by atomic mass is 10.1. The van der Waals surface area contributed by atoms with Gasteiger partial charge in [-0.15, -0.1) is 0 Å². The van der Waals surface area contributed by atoms with Crippen LogP contribution in [0.5, 0.6) is 0 Å². The molecule has 0 rings (SSSR count). The maximum Gasteiger partial charge on any atom is 0.303 e. The SMILES string of the molecule is CCCC(O)C(COC(C)=O)OC(C)=O. The van der Waals surface area contributed by atoms with Gasteiger partial charge in [0, 0.05) is 13.8 Å². The topological polar surface area (TPSA) is 72.8 Å². The van der Waals surface area contributed by atoms with Crippen molar-refractivity contribution >= 4 is 11.9 Å². The monoisotopic (exact) mass is 218 g/mol. The zero-order valence-electron chi connectivity index (χ0n) is 9.36. The number of aliphatic hydroxyl groups is 1. The smallest absolute Gasteiger partial charge is 0.303 e. The van der Waals surface area contributed by atoms with E-state index in [0.717, 1.165) is 6.42 Å². The summed E-state index contributed by atoms with van der Waals surface area (Å²) >= 11 is 0. The summed E-state index contributed by atoms with van der Waals surface area (Å²) < 4.78 is 9.55. The Morgan fingerprint density at radius 3 is 2.27 bits per heavy atom. The lowest BCUT2D eigenvalue weighted by molar-refractivity contribution is -0.163. The third-order valence-electron chi connectivity index (χ3n) is 1.78. The summed E-state index contributed by atoms with van der Waals surface area (Å²) in [6, 6.07) is 0. The summed E-state index contributed by atoms with van der Waals surface area (Å²) in [7, 11) is 0. The van der Waals surface area contributed by atoms with Crippen molar-refractivity contribution in [2.24, 2.45) is 0 Å². The van der Waals surface area contributed by atoms with Gasteiger partial charge in [-0.05, 0) is 6.42 Å². The number of hydrogen-bond acceptors (Lipinski definition) is 5. The Labute approximate surface area is 89.4 Å². The molecule has 88 valence electrons. The highest BCUT2D eigenvalue weighted by atomic mass is 16.6. The van der Waals surface area contributed by atoms with E-state index < -0.39 is 24.1 Å². The molecule has 0 aliphatic carbocycles. The van der Waals surface area contributed by atoms with Crippen molar-refractivity contribution in [1.82, 2.24) is 0 Å². The fraction of sp³-hybridized carbons (Fsp3) is 0.800. The Hall–Kier alpha value is -1.10. The van der Waals surface area contributed by atoms with Gasteiger partial charge < -0.3 is 14.6 Å². The summed E-state index contributed by atoms with van der Waals surface area (Å²) in [4.78, 5) is 21.3. The fourth-order valence-corrected chi connectivity index (χ4v) is 1.12. The summed E-state index contributed by atoms with van der Waals surface area (Å²) in [5, 5.41) is 9.60. The predicted octanol–water partition coefficient (Wildman–Crippen LogP) is 0.642. The van der Waals surface area contributed by atoms with Crippen LogP contribution in [0.4, 0.5) is 0 Å². The van der Waals surface area contributed by atoms with Gasteiger partial charge in [0.2, 0.25) is 0 Å². The van der Waals surface area contributed by atoms with Crippen LogP contribution in [0, 0.1) is 0 Å². The van der Waals surface area contributed by atoms with Crippen molar-refractivity contribution in [1.29, 1.82) is 0 Å². The zero-order chi connectivity index (χ0) is 11.8. The van der Waals surface area contributed by atoms with Crippen LogP contribution in [-0.4, -0.2) is 35.9 Å². The van der Waals surface area contributed by atoms with Gasteiger partial charge in [-0.25, -0.2) is 0 Å². The van der Waals surface area contributed by atoms with E-state index in [4.69, 9.17) is 9.47 Å². The van der Waals surface area contributed by atoms with Crippen molar-refractivity contribution in [3.8, 4) is 0 Å². The Morgan fingerprint density at radius 2 is 1.87 bits per heavy atom. The van der Waals surface area contributed by atoms with Crippen LogP contribution >= 0.6 is 0 Å². The van der Waals surface area contributed by atoms with Gasteiger partial charge in [0.05, 0.1) is 6.10 Å². The van der Waals surface area contributed by atoms with E-state index in [9.17, 15) is 14.7 Å². The Morgan fingerprint density at radius 1 is 1.27 bits per heavy atom. The highest BCUT2D eigenvalue weighted by molar-refractivity contribution is 5.67. The third-order valence-corrected chi connectivity index (χ3v) is 1.78. The summed E-state index contributed by atoms with van der Waals surface area (Å²) in [5.74, 6) is -0.960. The van der Waals surface area contributed by atoms with Gasteiger partial charge in [0.15, 0.2) is 6.10 Å². The molecule has 5 heteroatoms. The quantitative estimate of drug-likeness (QED) is 0.662. The number of carbonyl (C=O) groups is 2. The minimum Gasteiger partial charge on any atom is -0.462 e. The molecule has 0 saturated heterocycles. The normalized spacial score (nSPS) is 14.1. The number of hydrogen-bond donors (Lipinski definition) is 1. The van der Waals surface area contributed by atoms with Crippen LogP contribution in [-0.2, 0) is 19.1 Å². The van der Waals surface area contributed by atoms with Crippen molar-refractivity contribution in [2.45, 2.75) is 45.8 Å². The summed E-state index contributed by atoms with van der Waals surface area (Å²) in [6.45, 7) is 4.31. The van der Waals surface area contributed by atoms with Crippen LogP contribution in [0.2, 0.25) is 0 Å². The van der Waals surface area contributed by atoms with Crippen molar-refractivity contribution in [3.63, 3.8) is 0 Å². The standard InChI is InChI=1S/C10H18O5/c1-4-5-9(13)10(15-8(3)12)6-14-7(2)11/h9-10,13H,4-6H2,1-3H3. The van der Waals surface area contributed by atoms with Crippen molar-refractivity contribution in [3.05, 3.63) is 0 Å². The molecule has 1 N–H and O–H groups in total. The maximum absolute atomic E-state index is 10.7. The minimum absolute atomic E-state index is 0.101. The minimum atomic E-state index is -0.793. The fourth-order valence-electron chi connectivity index (χ4n) is 1.12. The summed E-state index contributed by atoms with van der Waals surface area (Å²) in [6.07, 6.45) is -0.303. The predicted molar refractivity (Wildman–Crippen MR) is 53.1 cm³/mol. The van der Waals surface area contributed by atoms with Gasteiger partial charge in [0.25, 0.3) is 0 Å². The van der Waals surface area contributed by atoms with Gasteiger partial charge in [-0.2, -0.15) is 0 Å². The first-order valence-corrected chi connectivity index (χ1v) is 4.96. The second-order valence-corrected chi connectivity index (χ2v) is 3.31. The number of rotatable bonds is 6. The first-order valence-electron chi connectivity index (χ1n) is 4.96. The van der Waals surface area contributed by atoms with E-state index in [-0.39, 0.29) is 6.61 Å². The molecule has 0 aromatic carbocycles. The number of ether oxygens (including phenoxy) is 2. The van der Waals surface area contributed by atoms with Crippen LogP contribution < -0.4 is 0 Å². The molecular weight excluding hydrogens is 200 g/mol. The molecule has 0 aliphatic heterocycles. The first-order chi connectivity index (χ1) is 6.97. The molecule has 2 atom stereocenters. The third kappa shape index (κ3) is 6.90. The van der Waals surface area contributed by atoms with Crippen LogP contribution in [0.25, 0.3) is 0 Å². The molecule has 0 heterocycles. The second kappa shape index (κ2) is 7.23. The summed E-state index contributed by atoms with van der Waals surface area (Å²) in [5.41, 5.74) is 0. The van der Waals surface area contributed by atoms with Crippen molar-refractivity contribution < 1.29 is 24.2 Å². The van der Waals surface area contributed by atoms with Gasteiger partial charge >= 0.3 is 11.9 Å². The molecule has 5 nitrogen and oxygen atoms in total. The first kappa shape index (κ1) is 13.9. The van der Waals surface area contributed by atoms with E-state index in [1.54, 1.807) is 0 Å². The van der Waals surface area contributed by atoms with Gasteiger partial charge in [-0.3, -0.25) is 9.59 Å². The number of carbonyl (C=O) groups excluding carboxylic acids is 2. The van der Waals surface area contributed by atoms with Crippen LogP contribution in [0.15, 0.2) is 0 Å². The maximum atomic E-state index is 10.7. The second-order valence-electron chi connectivity index (χ2n) is 3.31. The zero-order valence-corrected chi connectivity index (χ0v) is 9.36. The molecule has 0 radical (unpaired) electrons. The van der Waals surface area contributed by atoms with E-state index in [1.807, 2.05) is 6.92 Å². The number of aliphatic hydroxyl groups excluding tert-OH is 1. The van der Waals surface area contributed by atoms with Gasteiger partial charge in [-0.1, -0.05) is 13.3 Å². The highest BCUT2D eigenvalue weighted by Crippen LogP contribution is 2.07. The molecule has 0 bridgehead atoms. The molecule has 0 fully saturated rings. The molecule has 0 amide bonds. The average molecular weight is 218 g/mol. The molecule has 0 aromatic rings. The van der Waals surface area contributed by atoms with E-state index in [0.29, 0.717) is 6.42 Å². The Kier molecular flexibility index (Phi) is 6.70. The molecular formula is C10H18O5. The van der Waals surface area contributed by atoms with Crippen molar-refractivity contribution in [2.75, 3.05) is 6.61 Å². The van der Waals surface area contributed by atoms with Crippen LogP contribution in [0.1, 0.15) is 33.6 Å². The number of esters is 2. The van der Waals surface area contributed by atoms with E-state index >= 15 is 0 Å².